The normalized spacial score (nSPS) is 10.4. The van der Waals surface area contributed by atoms with Crippen LogP contribution in [-0.4, -0.2) is 19.1 Å². The smallest absolute Gasteiger partial charge is 0.337 e. The molecule has 3 aromatic carbocycles. The van der Waals surface area contributed by atoms with Crippen LogP contribution in [0.2, 0.25) is 0 Å². The molecule has 8 nitrogen and oxygen atoms in total. The zero-order chi connectivity index (χ0) is 22.2. The number of nitrogens with one attached hydrogen (secondary N) is 1. The zero-order valence-corrected chi connectivity index (χ0v) is 18.5. The lowest BCUT2D eigenvalue weighted by Gasteiger charge is -2.13. The van der Waals surface area contributed by atoms with E-state index in [1.807, 2.05) is 36.4 Å². The lowest BCUT2D eigenvalue weighted by Crippen LogP contribution is -2.07. The first-order valence-corrected chi connectivity index (χ1v) is 10.0. The van der Waals surface area contributed by atoms with Gasteiger partial charge in [0.25, 0.3) is 0 Å². The van der Waals surface area contributed by atoms with E-state index in [2.05, 4.69) is 21.4 Å². The molecule has 0 aliphatic carbocycles. The van der Waals surface area contributed by atoms with Crippen LogP contribution in [0.3, 0.4) is 0 Å². The van der Waals surface area contributed by atoms with Gasteiger partial charge < -0.3 is 14.2 Å². The van der Waals surface area contributed by atoms with Gasteiger partial charge in [-0.15, -0.1) is 0 Å². The summed E-state index contributed by atoms with van der Waals surface area (Å²) in [4.78, 5) is 16.7. The molecule has 31 heavy (non-hydrogen) atoms. The van der Waals surface area contributed by atoms with E-state index < -0.39 is 4.92 Å². The monoisotopic (exact) mass is 488 g/mol. The van der Waals surface area contributed by atoms with Crippen LogP contribution in [0, 0.1) is 10.1 Å². The number of nitro benzene ring substituents is 1. The van der Waals surface area contributed by atoms with Crippen molar-refractivity contribution in [2.75, 3.05) is 19.7 Å². The maximum Gasteiger partial charge on any atom is 0.337 e. The molecular formula is C22H21BrN2O6. The molecule has 162 valence electrons. The maximum atomic E-state index is 11.8. The number of ether oxygens (including phenoxy) is 3. The van der Waals surface area contributed by atoms with Crippen LogP contribution in [0.1, 0.15) is 11.1 Å². The fourth-order valence-electron chi connectivity index (χ4n) is 2.74. The van der Waals surface area contributed by atoms with E-state index in [1.54, 1.807) is 38.5 Å². The fourth-order valence-corrected chi connectivity index (χ4v) is 3.18. The van der Waals surface area contributed by atoms with Crippen LogP contribution in [0.15, 0.2) is 65.1 Å². The molecule has 0 saturated heterocycles. The molecule has 3 aromatic rings. The van der Waals surface area contributed by atoms with Gasteiger partial charge in [-0.2, -0.15) is 0 Å². The lowest BCUT2D eigenvalue weighted by molar-refractivity contribution is -0.385. The third kappa shape index (κ3) is 5.87. The molecule has 0 fully saturated rings. The Hall–Kier alpha value is -3.30. The number of benzene rings is 3. The highest BCUT2D eigenvalue weighted by Gasteiger charge is 2.24. The average molecular weight is 489 g/mol. The van der Waals surface area contributed by atoms with Crippen LogP contribution >= 0.6 is 15.9 Å². The van der Waals surface area contributed by atoms with Crippen LogP contribution in [0.25, 0.3) is 0 Å². The highest BCUT2D eigenvalue weighted by atomic mass is 79.9. The molecule has 0 bridgehead atoms. The van der Waals surface area contributed by atoms with E-state index in [-0.39, 0.29) is 30.3 Å². The number of hydrogen-bond acceptors (Lipinski definition) is 7. The average Bonchev–Trinajstić information content (AvgIpc) is 2.79. The van der Waals surface area contributed by atoms with E-state index in [9.17, 15) is 10.1 Å². The Kier molecular flexibility index (Phi) is 7.69. The summed E-state index contributed by atoms with van der Waals surface area (Å²) in [5, 5.41) is 11.8. The minimum Gasteiger partial charge on any atom is -0.497 e. The Balaban J connectivity index is 1.72. The van der Waals surface area contributed by atoms with Crippen molar-refractivity contribution >= 4 is 27.3 Å². The molecule has 0 aromatic heterocycles. The third-order valence-electron chi connectivity index (χ3n) is 4.39. The van der Waals surface area contributed by atoms with Crippen molar-refractivity contribution < 1.29 is 24.0 Å². The first kappa shape index (κ1) is 22.4. The topological polar surface area (TPSA) is 92.1 Å². The van der Waals surface area contributed by atoms with Gasteiger partial charge >= 0.3 is 5.69 Å². The predicted octanol–water partition coefficient (Wildman–Crippen LogP) is 5.50. The van der Waals surface area contributed by atoms with Crippen molar-refractivity contribution in [3.8, 4) is 17.2 Å². The Morgan fingerprint density at radius 3 is 1.94 bits per heavy atom. The second kappa shape index (κ2) is 10.6. The lowest BCUT2D eigenvalue weighted by atomic mass is 10.2. The standard InChI is InChI=1S/C22H21BrN2O6/c1-28-17-7-3-15(4-8-17)13-30-22-19(23)11-12-20(21(22)25(26)27)24-31-14-16-5-9-18(29-2)10-6-16/h3-12,24H,13-14H2,1-2H3. The molecule has 0 unspecified atom stereocenters. The Labute approximate surface area is 187 Å². The summed E-state index contributed by atoms with van der Waals surface area (Å²) in [5.74, 6) is 1.56. The van der Waals surface area contributed by atoms with Crippen molar-refractivity contribution in [3.05, 3.63) is 86.4 Å². The number of halogens is 1. The van der Waals surface area contributed by atoms with E-state index >= 15 is 0 Å². The highest BCUT2D eigenvalue weighted by Crippen LogP contribution is 2.41. The SMILES string of the molecule is COc1ccc(CONc2ccc(Br)c(OCc3ccc(OC)cc3)c2[N+](=O)[O-])cc1. The Bertz CT molecular complexity index is 1030. The number of rotatable bonds is 10. The molecule has 0 amide bonds. The largest absolute Gasteiger partial charge is 0.497 e. The van der Waals surface area contributed by atoms with Crippen molar-refractivity contribution in [2.45, 2.75) is 13.2 Å². The van der Waals surface area contributed by atoms with Gasteiger partial charge in [0.05, 0.1) is 30.2 Å². The van der Waals surface area contributed by atoms with Gasteiger partial charge in [-0.3, -0.25) is 20.4 Å². The zero-order valence-electron chi connectivity index (χ0n) is 17.0. The molecule has 0 aliphatic rings. The first-order valence-electron chi connectivity index (χ1n) is 9.25. The van der Waals surface area contributed by atoms with Gasteiger partial charge in [0, 0.05) is 0 Å². The van der Waals surface area contributed by atoms with Gasteiger partial charge in [-0.05, 0) is 63.5 Å². The predicted molar refractivity (Wildman–Crippen MR) is 120 cm³/mol. The fraction of sp³-hybridized carbons (Fsp3) is 0.182. The summed E-state index contributed by atoms with van der Waals surface area (Å²) in [6.07, 6.45) is 0. The summed E-state index contributed by atoms with van der Waals surface area (Å²) < 4.78 is 16.5. The number of methoxy groups -OCH3 is 2. The molecule has 0 heterocycles. The molecule has 9 heteroatoms. The summed E-state index contributed by atoms with van der Waals surface area (Å²) in [6.45, 7) is 0.360. The molecule has 0 aliphatic heterocycles. The molecule has 0 saturated carbocycles. The van der Waals surface area contributed by atoms with Gasteiger partial charge in [0.1, 0.15) is 23.8 Å². The summed E-state index contributed by atoms with van der Waals surface area (Å²) in [7, 11) is 3.18. The van der Waals surface area contributed by atoms with Crippen LogP contribution in [-0.2, 0) is 18.1 Å². The van der Waals surface area contributed by atoms with Crippen molar-refractivity contribution in [1.29, 1.82) is 0 Å². The van der Waals surface area contributed by atoms with Crippen molar-refractivity contribution in [3.63, 3.8) is 0 Å². The Morgan fingerprint density at radius 1 is 0.871 bits per heavy atom. The molecule has 3 rings (SSSR count). The second-order valence-corrected chi connectivity index (χ2v) is 7.26. The minimum atomic E-state index is -0.507. The van der Waals surface area contributed by atoms with Crippen molar-refractivity contribution in [2.24, 2.45) is 0 Å². The van der Waals surface area contributed by atoms with Gasteiger partial charge in [-0.1, -0.05) is 24.3 Å². The summed E-state index contributed by atoms with van der Waals surface area (Å²) in [5.41, 5.74) is 4.35. The summed E-state index contributed by atoms with van der Waals surface area (Å²) >= 11 is 3.33. The number of hydrogen-bond donors (Lipinski definition) is 1. The van der Waals surface area contributed by atoms with E-state index in [1.165, 1.54) is 0 Å². The maximum absolute atomic E-state index is 11.8. The first-order chi connectivity index (χ1) is 15.0. The minimum absolute atomic E-state index is 0.110. The summed E-state index contributed by atoms with van der Waals surface area (Å²) in [6, 6.07) is 17.8. The molecule has 0 radical (unpaired) electrons. The van der Waals surface area contributed by atoms with Crippen LogP contribution in [0.4, 0.5) is 11.4 Å². The number of nitro groups is 1. The van der Waals surface area contributed by atoms with Gasteiger partial charge in [0.2, 0.25) is 5.75 Å². The van der Waals surface area contributed by atoms with Crippen LogP contribution < -0.4 is 19.7 Å². The van der Waals surface area contributed by atoms with Crippen LogP contribution in [0.5, 0.6) is 17.2 Å². The molecule has 1 N–H and O–H groups in total. The second-order valence-electron chi connectivity index (χ2n) is 6.41. The number of anilines is 1. The van der Waals surface area contributed by atoms with E-state index in [0.29, 0.717) is 4.47 Å². The molecule has 0 spiro atoms. The molecule has 0 atom stereocenters. The van der Waals surface area contributed by atoms with Gasteiger partial charge in [0.15, 0.2) is 0 Å². The molecular weight excluding hydrogens is 468 g/mol. The van der Waals surface area contributed by atoms with Crippen molar-refractivity contribution in [1.82, 2.24) is 0 Å². The van der Waals surface area contributed by atoms with Gasteiger partial charge in [-0.25, -0.2) is 0 Å². The van der Waals surface area contributed by atoms with E-state index in [4.69, 9.17) is 19.0 Å². The number of nitrogens with zero attached hydrogens (tertiary/aromatic N) is 1. The Morgan fingerprint density at radius 2 is 1.42 bits per heavy atom. The highest BCUT2D eigenvalue weighted by molar-refractivity contribution is 9.10. The quantitative estimate of drug-likeness (QED) is 0.297. The third-order valence-corrected chi connectivity index (χ3v) is 5.01. The van der Waals surface area contributed by atoms with E-state index in [0.717, 1.165) is 22.6 Å².